The highest BCUT2D eigenvalue weighted by Gasteiger charge is 2.29. The number of nitrogens with zero attached hydrogens (tertiary/aromatic N) is 2. The first-order valence-electron chi connectivity index (χ1n) is 11.0. The largest absolute Gasteiger partial charge is 0.492 e. The van der Waals surface area contributed by atoms with Gasteiger partial charge >= 0.3 is 6.03 Å². The SMILES string of the molecule is CCNC(=O)N1CCCC(O)C(NC(=O)c2ccc(OCCN3CCCC3)cc2)C1. The van der Waals surface area contributed by atoms with Crippen molar-refractivity contribution in [3.05, 3.63) is 29.8 Å². The van der Waals surface area contributed by atoms with Crippen molar-refractivity contribution >= 4 is 11.9 Å². The highest BCUT2D eigenvalue weighted by atomic mass is 16.5. The maximum Gasteiger partial charge on any atom is 0.317 e. The number of likely N-dealkylation sites (tertiary alicyclic amines) is 2. The van der Waals surface area contributed by atoms with Crippen LogP contribution in [0, 0.1) is 0 Å². The van der Waals surface area contributed by atoms with Crippen LogP contribution in [0.5, 0.6) is 5.75 Å². The fraction of sp³-hybridized carbons (Fsp3) is 0.636. The smallest absolute Gasteiger partial charge is 0.317 e. The standard InChI is InChI=1S/C22H34N4O4/c1-2-23-22(29)26-13-5-6-20(27)19(16-26)24-21(28)17-7-9-18(10-8-17)30-15-14-25-11-3-4-12-25/h7-10,19-20,27H,2-6,11-16H2,1H3,(H,23,29)(H,24,28). The van der Waals surface area contributed by atoms with Gasteiger partial charge in [-0.25, -0.2) is 4.79 Å². The van der Waals surface area contributed by atoms with E-state index in [-0.39, 0.29) is 18.5 Å². The van der Waals surface area contributed by atoms with E-state index in [9.17, 15) is 14.7 Å². The van der Waals surface area contributed by atoms with E-state index in [0.717, 1.165) is 25.4 Å². The molecule has 2 heterocycles. The fourth-order valence-electron chi connectivity index (χ4n) is 3.99. The molecule has 2 unspecified atom stereocenters. The van der Waals surface area contributed by atoms with Crippen molar-refractivity contribution in [2.45, 2.75) is 44.8 Å². The van der Waals surface area contributed by atoms with Crippen LogP contribution >= 0.6 is 0 Å². The zero-order valence-electron chi connectivity index (χ0n) is 17.8. The summed E-state index contributed by atoms with van der Waals surface area (Å²) >= 11 is 0. The lowest BCUT2D eigenvalue weighted by molar-refractivity contribution is 0.0809. The van der Waals surface area contributed by atoms with Crippen molar-refractivity contribution in [1.82, 2.24) is 20.4 Å². The maximum absolute atomic E-state index is 12.7. The second kappa shape index (κ2) is 11.2. The fourth-order valence-corrected chi connectivity index (χ4v) is 3.99. The van der Waals surface area contributed by atoms with Gasteiger partial charge in [0.1, 0.15) is 12.4 Å². The second-order valence-corrected chi connectivity index (χ2v) is 7.99. The molecule has 30 heavy (non-hydrogen) atoms. The average Bonchev–Trinajstić information content (AvgIpc) is 3.19. The number of carbonyl (C=O) groups excluding carboxylic acids is 2. The number of hydrogen-bond donors (Lipinski definition) is 3. The zero-order chi connectivity index (χ0) is 21.3. The summed E-state index contributed by atoms with van der Waals surface area (Å²) in [7, 11) is 0. The molecule has 1 aromatic rings. The third-order valence-corrected chi connectivity index (χ3v) is 5.73. The van der Waals surface area contributed by atoms with Crippen molar-refractivity contribution < 1.29 is 19.4 Å². The number of benzene rings is 1. The van der Waals surface area contributed by atoms with Gasteiger partial charge in [0, 0.05) is 31.7 Å². The molecule has 3 N–H and O–H groups in total. The Morgan fingerprint density at radius 1 is 1.13 bits per heavy atom. The lowest BCUT2D eigenvalue weighted by Gasteiger charge is -2.27. The van der Waals surface area contributed by atoms with Crippen LogP contribution in [-0.4, -0.2) is 84.9 Å². The summed E-state index contributed by atoms with van der Waals surface area (Å²) in [6.07, 6.45) is 3.10. The Kier molecular flexibility index (Phi) is 8.33. The van der Waals surface area contributed by atoms with E-state index in [1.165, 1.54) is 12.8 Å². The molecule has 0 bridgehead atoms. The Morgan fingerprint density at radius 3 is 2.57 bits per heavy atom. The summed E-state index contributed by atoms with van der Waals surface area (Å²) in [4.78, 5) is 28.9. The monoisotopic (exact) mass is 418 g/mol. The van der Waals surface area contributed by atoms with Crippen LogP contribution in [-0.2, 0) is 0 Å². The third kappa shape index (κ3) is 6.34. The van der Waals surface area contributed by atoms with Crippen molar-refractivity contribution in [3.8, 4) is 5.75 Å². The Bertz CT molecular complexity index is 691. The molecule has 2 saturated heterocycles. The van der Waals surface area contributed by atoms with E-state index >= 15 is 0 Å². The van der Waals surface area contributed by atoms with Crippen LogP contribution in [0.25, 0.3) is 0 Å². The van der Waals surface area contributed by atoms with Gasteiger partial charge in [0.05, 0.1) is 12.1 Å². The van der Waals surface area contributed by atoms with Crippen molar-refractivity contribution in [2.75, 3.05) is 45.9 Å². The van der Waals surface area contributed by atoms with E-state index in [2.05, 4.69) is 15.5 Å². The molecule has 8 nitrogen and oxygen atoms in total. The number of aliphatic hydroxyl groups excluding tert-OH is 1. The molecule has 3 amide bonds. The van der Waals surface area contributed by atoms with E-state index in [4.69, 9.17) is 4.74 Å². The summed E-state index contributed by atoms with van der Waals surface area (Å²) in [6.45, 7) is 7.11. The van der Waals surface area contributed by atoms with Crippen molar-refractivity contribution in [2.24, 2.45) is 0 Å². The van der Waals surface area contributed by atoms with E-state index < -0.39 is 12.1 Å². The third-order valence-electron chi connectivity index (χ3n) is 5.73. The quantitative estimate of drug-likeness (QED) is 0.623. The van der Waals surface area contributed by atoms with Gasteiger partial charge in [-0.1, -0.05) is 0 Å². The lowest BCUT2D eigenvalue weighted by atomic mass is 10.1. The number of aliphatic hydroxyl groups is 1. The number of carbonyl (C=O) groups is 2. The summed E-state index contributed by atoms with van der Waals surface area (Å²) < 4.78 is 5.79. The molecule has 2 fully saturated rings. The normalized spacial score (nSPS) is 22.4. The summed E-state index contributed by atoms with van der Waals surface area (Å²) in [5, 5.41) is 16.1. The summed E-state index contributed by atoms with van der Waals surface area (Å²) in [6, 6.07) is 6.38. The predicted molar refractivity (Wildman–Crippen MR) is 115 cm³/mol. The van der Waals surface area contributed by atoms with Crippen LogP contribution in [0.4, 0.5) is 4.79 Å². The summed E-state index contributed by atoms with van der Waals surface area (Å²) in [5.74, 6) is 0.475. The van der Waals surface area contributed by atoms with Gasteiger partial charge < -0.3 is 25.4 Å². The van der Waals surface area contributed by atoms with Gasteiger partial charge in [0.15, 0.2) is 0 Å². The molecule has 8 heteroatoms. The van der Waals surface area contributed by atoms with Crippen molar-refractivity contribution in [1.29, 1.82) is 0 Å². The second-order valence-electron chi connectivity index (χ2n) is 7.99. The Balaban J connectivity index is 1.51. The Morgan fingerprint density at radius 2 is 1.87 bits per heavy atom. The van der Waals surface area contributed by atoms with Crippen LogP contribution in [0.15, 0.2) is 24.3 Å². The molecule has 0 aromatic heterocycles. The van der Waals surface area contributed by atoms with Crippen LogP contribution < -0.4 is 15.4 Å². The minimum atomic E-state index is -0.679. The number of ether oxygens (including phenoxy) is 1. The highest BCUT2D eigenvalue weighted by Crippen LogP contribution is 2.15. The summed E-state index contributed by atoms with van der Waals surface area (Å²) in [5.41, 5.74) is 0.503. The molecule has 166 valence electrons. The van der Waals surface area contributed by atoms with Crippen molar-refractivity contribution in [3.63, 3.8) is 0 Å². The van der Waals surface area contributed by atoms with Gasteiger partial charge in [-0.2, -0.15) is 0 Å². The highest BCUT2D eigenvalue weighted by molar-refractivity contribution is 5.94. The number of nitrogens with one attached hydrogen (secondary N) is 2. The minimum Gasteiger partial charge on any atom is -0.492 e. The molecule has 2 atom stereocenters. The van der Waals surface area contributed by atoms with E-state index in [1.54, 1.807) is 29.2 Å². The molecule has 2 aliphatic heterocycles. The molecule has 2 aliphatic rings. The predicted octanol–water partition coefficient (Wildman–Crippen LogP) is 1.45. The van der Waals surface area contributed by atoms with Gasteiger partial charge in [-0.15, -0.1) is 0 Å². The minimum absolute atomic E-state index is 0.165. The molecule has 0 saturated carbocycles. The van der Waals surface area contributed by atoms with Gasteiger partial charge in [0.25, 0.3) is 5.91 Å². The molecule has 3 rings (SSSR count). The first kappa shape index (κ1) is 22.4. The molecule has 1 aromatic carbocycles. The first-order valence-corrected chi connectivity index (χ1v) is 11.0. The van der Waals surface area contributed by atoms with Crippen LogP contribution in [0.2, 0.25) is 0 Å². The topological polar surface area (TPSA) is 94.1 Å². The average molecular weight is 419 g/mol. The van der Waals surface area contributed by atoms with Gasteiger partial charge in [-0.3, -0.25) is 9.69 Å². The molecular formula is C22H34N4O4. The molecular weight excluding hydrogens is 384 g/mol. The van der Waals surface area contributed by atoms with Crippen LogP contribution in [0.1, 0.15) is 43.0 Å². The number of amides is 3. The molecule has 0 aliphatic carbocycles. The zero-order valence-corrected chi connectivity index (χ0v) is 17.8. The number of hydrogen-bond acceptors (Lipinski definition) is 5. The van der Waals surface area contributed by atoms with E-state index in [1.807, 2.05) is 6.92 Å². The molecule has 0 spiro atoms. The Labute approximate surface area is 178 Å². The lowest BCUT2D eigenvalue weighted by Crippen LogP contribution is -2.51. The van der Waals surface area contributed by atoms with Gasteiger partial charge in [-0.05, 0) is 70.0 Å². The number of urea groups is 1. The Hall–Kier alpha value is -2.32. The van der Waals surface area contributed by atoms with Crippen LogP contribution in [0.3, 0.4) is 0 Å². The molecule has 0 radical (unpaired) electrons. The maximum atomic E-state index is 12.7. The number of rotatable bonds is 7. The van der Waals surface area contributed by atoms with E-state index in [0.29, 0.717) is 38.1 Å². The first-order chi connectivity index (χ1) is 14.6. The van der Waals surface area contributed by atoms with Gasteiger partial charge in [0.2, 0.25) is 0 Å².